The molecule has 0 bridgehead atoms. The minimum Gasteiger partial charge on any atom is -0.418 e. The second kappa shape index (κ2) is 6.35. The van der Waals surface area contributed by atoms with Crippen LogP contribution in [0.5, 0.6) is 0 Å². The third-order valence-electron chi connectivity index (χ3n) is 4.59. The van der Waals surface area contributed by atoms with Crippen LogP contribution >= 0.6 is 0 Å². The Hall–Kier alpha value is 0.137. The molecule has 0 amide bonds. The van der Waals surface area contributed by atoms with Gasteiger partial charge in [0, 0.05) is 17.8 Å². The molecule has 2 rings (SSSR count). The van der Waals surface area contributed by atoms with Crippen molar-refractivity contribution in [1.82, 2.24) is 5.32 Å². The summed E-state index contributed by atoms with van der Waals surface area (Å²) in [6.07, 6.45) is 10.9. The van der Waals surface area contributed by atoms with Gasteiger partial charge in [-0.05, 0) is 38.7 Å². The van der Waals surface area contributed by atoms with Gasteiger partial charge in [0.2, 0.25) is 0 Å². The van der Waals surface area contributed by atoms with E-state index in [4.69, 9.17) is 4.43 Å². The zero-order chi connectivity index (χ0) is 12.1. The van der Waals surface area contributed by atoms with Gasteiger partial charge in [0.15, 0.2) is 9.04 Å². The topological polar surface area (TPSA) is 21.3 Å². The van der Waals surface area contributed by atoms with E-state index in [9.17, 15) is 0 Å². The van der Waals surface area contributed by atoms with Crippen molar-refractivity contribution >= 4 is 9.04 Å². The van der Waals surface area contributed by atoms with Crippen LogP contribution in [0, 0.1) is 0 Å². The normalized spacial score (nSPS) is 31.1. The van der Waals surface area contributed by atoms with Gasteiger partial charge in [-0.3, -0.25) is 0 Å². The van der Waals surface area contributed by atoms with Crippen LogP contribution in [0.1, 0.15) is 65.2 Å². The second-order valence-corrected chi connectivity index (χ2v) is 8.98. The molecule has 1 N–H and O–H groups in total. The van der Waals surface area contributed by atoms with E-state index < -0.39 is 9.04 Å². The van der Waals surface area contributed by atoms with E-state index >= 15 is 0 Å². The molecule has 2 unspecified atom stereocenters. The number of hydrogen-bond donors (Lipinski definition) is 1. The molecule has 1 aliphatic carbocycles. The number of nitrogens with one attached hydrogen (secondary N) is 1. The monoisotopic (exact) mass is 255 g/mol. The first-order chi connectivity index (χ1) is 8.23. The van der Waals surface area contributed by atoms with Crippen molar-refractivity contribution in [2.24, 2.45) is 0 Å². The molecule has 2 nitrogen and oxygen atoms in total. The highest BCUT2D eigenvalue weighted by molar-refractivity contribution is 6.53. The zero-order valence-electron chi connectivity index (χ0n) is 11.6. The van der Waals surface area contributed by atoms with Crippen LogP contribution in [0.3, 0.4) is 0 Å². The van der Waals surface area contributed by atoms with Crippen LogP contribution in [0.4, 0.5) is 0 Å². The molecule has 2 aliphatic rings. The van der Waals surface area contributed by atoms with Gasteiger partial charge in [0.05, 0.1) is 0 Å². The Labute approximate surface area is 108 Å². The molecule has 2 fully saturated rings. The van der Waals surface area contributed by atoms with Crippen molar-refractivity contribution < 1.29 is 4.43 Å². The summed E-state index contributed by atoms with van der Waals surface area (Å²) in [6, 6.07) is 1.39. The molecule has 1 aliphatic heterocycles. The molecule has 1 saturated heterocycles. The lowest BCUT2D eigenvalue weighted by Gasteiger charge is -2.40. The van der Waals surface area contributed by atoms with E-state index in [0.29, 0.717) is 11.2 Å². The molecule has 1 saturated carbocycles. The quantitative estimate of drug-likeness (QED) is 0.779. The van der Waals surface area contributed by atoms with Gasteiger partial charge in [0.1, 0.15) is 0 Å². The summed E-state index contributed by atoms with van der Waals surface area (Å²) in [5, 5.41) is 3.99. The maximum Gasteiger partial charge on any atom is 0.193 e. The fraction of sp³-hybridized carbons (Fsp3) is 1.00. The Morgan fingerprint density at radius 3 is 2.53 bits per heavy atom. The first-order valence-electron chi connectivity index (χ1n) is 7.63. The largest absolute Gasteiger partial charge is 0.418 e. The van der Waals surface area contributed by atoms with Gasteiger partial charge < -0.3 is 9.74 Å². The second-order valence-electron chi connectivity index (χ2n) is 6.19. The van der Waals surface area contributed by atoms with E-state index in [1.165, 1.54) is 57.4 Å². The first kappa shape index (κ1) is 13.6. The van der Waals surface area contributed by atoms with Crippen molar-refractivity contribution in [3.8, 4) is 0 Å². The third kappa shape index (κ3) is 3.80. The highest BCUT2D eigenvalue weighted by Gasteiger charge is 2.33. The maximum absolute atomic E-state index is 6.09. The Bertz CT molecular complexity index is 222. The lowest BCUT2D eigenvalue weighted by atomic mass is 9.83. The summed E-state index contributed by atoms with van der Waals surface area (Å²) in [5.74, 6) is 0. The smallest absolute Gasteiger partial charge is 0.193 e. The van der Waals surface area contributed by atoms with Crippen LogP contribution in [-0.2, 0) is 4.43 Å². The number of hydrogen-bond acceptors (Lipinski definition) is 2. The molecule has 0 aromatic carbocycles. The average Bonchev–Trinajstić information content (AvgIpc) is 2.38. The van der Waals surface area contributed by atoms with Gasteiger partial charge in [-0.15, -0.1) is 0 Å². The van der Waals surface area contributed by atoms with Gasteiger partial charge >= 0.3 is 0 Å². The molecular formula is C14H29NOSi. The molecule has 2 atom stereocenters. The summed E-state index contributed by atoms with van der Waals surface area (Å²) < 4.78 is 6.09. The minimum atomic E-state index is -0.967. The van der Waals surface area contributed by atoms with Crippen molar-refractivity contribution in [1.29, 1.82) is 0 Å². The van der Waals surface area contributed by atoms with E-state index in [-0.39, 0.29) is 0 Å². The van der Waals surface area contributed by atoms with E-state index in [0.717, 1.165) is 6.61 Å². The van der Waals surface area contributed by atoms with E-state index in [1.807, 2.05) is 0 Å². The van der Waals surface area contributed by atoms with Gasteiger partial charge in [-0.2, -0.15) is 0 Å². The molecule has 17 heavy (non-hydrogen) atoms. The summed E-state index contributed by atoms with van der Waals surface area (Å²) in [5.41, 5.74) is 1.12. The van der Waals surface area contributed by atoms with Gasteiger partial charge in [0.25, 0.3) is 0 Å². The van der Waals surface area contributed by atoms with Crippen molar-refractivity contribution in [3.63, 3.8) is 0 Å². The highest BCUT2D eigenvalue weighted by atomic mass is 28.3. The minimum absolute atomic E-state index is 0.409. The lowest BCUT2D eigenvalue weighted by Crippen LogP contribution is -2.56. The molecule has 3 heteroatoms. The molecule has 0 aromatic heterocycles. The third-order valence-corrected chi connectivity index (χ3v) is 7.77. The van der Waals surface area contributed by atoms with Gasteiger partial charge in [-0.25, -0.2) is 0 Å². The molecule has 0 radical (unpaired) electrons. The predicted molar refractivity (Wildman–Crippen MR) is 75.8 cm³/mol. The van der Waals surface area contributed by atoms with Crippen LogP contribution in [0.2, 0.25) is 6.04 Å². The van der Waals surface area contributed by atoms with Crippen LogP contribution in [0.25, 0.3) is 0 Å². The fourth-order valence-corrected chi connectivity index (χ4v) is 6.54. The molecular weight excluding hydrogens is 226 g/mol. The first-order valence-corrected chi connectivity index (χ1v) is 9.58. The Balaban J connectivity index is 1.88. The molecule has 100 valence electrons. The van der Waals surface area contributed by atoms with Crippen molar-refractivity contribution in [3.05, 3.63) is 0 Å². The summed E-state index contributed by atoms with van der Waals surface area (Å²) in [6.45, 7) is 5.80. The summed E-state index contributed by atoms with van der Waals surface area (Å²) in [7, 11) is -0.967. The molecule has 0 spiro atoms. The maximum atomic E-state index is 6.09. The lowest BCUT2D eigenvalue weighted by molar-refractivity contribution is 0.221. The van der Waals surface area contributed by atoms with Crippen LogP contribution in [0.15, 0.2) is 0 Å². The Morgan fingerprint density at radius 1 is 1.18 bits per heavy atom. The van der Waals surface area contributed by atoms with E-state index in [1.54, 1.807) is 0 Å². The highest BCUT2D eigenvalue weighted by Crippen LogP contribution is 2.29. The van der Waals surface area contributed by atoms with Crippen molar-refractivity contribution in [2.75, 3.05) is 6.61 Å². The Morgan fingerprint density at radius 2 is 1.94 bits per heavy atom. The molecule has 0 aromatic rings. The average molecular weight is 255 g/mol. The Kier molecular flexibility index (Phi) is 5.06. The van der Waals surface area contributed by atoms with E-state index in [2.05, 4.69) is 19.2 Å². The van der Waals surface area contributed by atoms with Crippen molar-refractivity contribution in [2.45, 2.75) is 82.5 Å². The van der Waals surface area contributed by atoms with Crippen LogP contribution in [-0.4, -0.2) is 26.9 Å². The summed E-state index contributed by atoms with van der Waals surface area (Å²) >= 11 is 0. The summed E-state index contributed by atoms with van der Waals surface area (Å²) in [4.78, 5) is 0. The predicted octanol–water partition coefficient (Wildman–Crippen LogP) is 3.15. The molecule has 1 heterocycles. The SMILES string of the molecule is CCC(NC1(C)CCCCC1)[SiH]1CCCCO1. The van der Waals surface area contributed by atoms with Gasteiger partial charge in [-0.1, -0.05) is 32.6 Å². The standard InChI is InChI=1S/C14H29NOSi/c1-3-13(17-12-8-7-11-16-17)15-14(2)9-5-4-6-10-14/h13,15,17H,3-12H2,1-2H3. The van der Waals surface area contributed by atoms with Crippen LogP contribution < -0.4 is 5.32 Å². The zero-order valence-corrected chi connectivity index (χ0v) is 12.8. The number of rotatable bonds is 4. The fourth-order valence-electron chi connectivity index (χ4n) is 3.46.